The van der Waals surface area contributed by atoms with E-state index in [0.29, 0.717) is 5.92 Å². The Morgan fingerprint density at radius 1 is 0.818 bits per heavy atom. The van der Waals surface area contributed by atoms with E-state index in [-0.39, 0.29) is 0 Å². The minimum absolute atomic E-state index is 0.393. The van der Waals surface area contributed by atoms with Gasteiger partial charge in [0.25, 0.3) is 0 Å². The van der Waals surface area contributed by atoms with Crippen molar-refractivity contribution in [2.24, 2.45) is 0 Å². The van der Waals surface area contributed by atoms with E-state index in [4.69, 9.17) is 4.74 Å². The van der Waals surface area contributed by atoms with E-state index in [1.165, 1.54) is 16.7 Å². The maximum absolute atomic E-state index is 5.49. The van der Waals surface area contributed by atoms with Crippen LogP contribution in [0.2, 0.25) is 0 Å². The molecular weight excluding hydrogens is 268 g/mol. The van der Waals surface area contributed by atoms with Crippen LogP contribution < -0.4 is 4.74 Å². The highest BCUT2D eigenvalue weighted by molar-refractivity contribution is 5.74. The van der Waals surface area contributed by atoms with Crippen LogP contribution in [0, 0.1) is 6.92 Å². The van der Waals surface area contributed by atoms with Crippen LogP contribution in [0.3, 0.4) is 0 Å². The van der Waals surface area contributed by atoms with Crippen molar-refractivity contribution in [3.8, 4) is 16.9 Å². The zero-order valence-corrected chi connectivity index (χ0v) is 13.8. The number of allylic oxidation sites excluding steroid dienone is 4. The molecule has 0 amide bonds. The predicted octanol–water partition coefficient (Wildman–Crippen LogP) is 5.91. The minimum atomic E-state index is 0.393. The number of hydrogen-bond donors (Lipinski definition) is 0. The highest BCUT2D eigenvalue weighted by Gasteiger charge is 2.14. The monoisotopic (exact) mass is 292 g/mol. The Hall–Kier alpha value is -2.28. The van der Waals surface area contributed by atoms with Crippen molar-refractivity contribution in [3.05, 3.63) is 77.9 Å². The predicted molar refractivity (Wildman–Crippen MR) is 95.5 cm³/mol. The van der Waals surface area contributed by atoms with Crippen LogP contribution in [0.15, 0.2) is 66.8 Å². The van der Waals surface area contributed by atoms with Crippen molar-refractivity contribution in [1.29, 1.82) is 0 Å². The molecule has 2 aromatic rings. The third kappa shape index (κ3) is 3.14. The van der Waals surface area contributed by atoms with Crippen molar-refractivity contribution in [3.63, 3.8) is 0 Å². The summed E-state index contributed by atoms with van der Waals surface area (Å²) in [4.78, 5) is 0. The number of methoxy groups -OCH3 is 1. The molecule has 3 rings (SSSR count). The molecule has 0 aromatic heterocycles. The summed E-state index contributed by atoms with van der Waals surface area (Å²) in [6.07, 6.45) is 8.68. The minimum Gasteiger partial charge on any atom is -0.496 e. The number of ether oxygens (including phenoxy) is 1. The summed E-state index contributed by atoms with van der Waals surface area (Å²) in [5.74, 6) is 1.31. The smallest absolute Gasteiger partial charge is 0.126 e. The average molecular weight is 292 g/mol. The zero-order chi connectivity index (χ0) is 15.9. The first kappa shape index (κ1) is 16.1. The number of para-hydroxylation sites is 1. The Kier molecular flexibility index (Phi) is 5.60. The molecule has 0 radical (unpaired) electrons. The Bertz CT molecular complexity index is 668. The second-order valence-electron chi connectivity index (χ2n) is 5.02. The molecule has 0 fully saturated rings. The fraction of sp³-hybridized carbons (Fsp3) is 0.238. The highest BCUT2D eigenvalue weighted by atomic mass is 16.5. The molecule has 0 saturated carbocycles. The molecule has 114 valence electrons. The lowest BCUT2D eigenvalue weighted by atomic mass is 9.90. The van der Waals surface area contributed by atoms with E-state index in [2.05, 4.69) is 61.6 Å². The second kappa shape index (κ2) is 7.65. The van der Waals surface area contributed by atoms with Crippen LogP contribution in [0.25, 0.3) is 11.1 Å². The van der Waals surface area contributed by atoms with Gasteiger partial charge in [-0.25, -0.2) is 0 Å². The van der Waals surface area contributed by atoms with E-state index >= 15 is 0 Å². The van der Waals surface area contributed by atoms with E-state index in [9.17, 15) is 0 Å². The Morgan fingerprint density at radius 3 is 2.14 bits per heavy atom. The fourth-order valence-corrected chi connectivity index (χ4v) is 2.81. The number of hydrogen-bond acceptors (Lipinski definition) is 1. The lowest BCUT2D eigenvalue weighted by Gasteiger charge is -2.16. The van der Waals surface area contributed by atoms with Crippen LogP contribution in [0.1, 0.15) is 30.9 Å². The van der Waals surface area contributed by atoms with Gasteiger partial charge in [-0.3, -0.25) is 0 Å². The van der Waals surface area contributed by atoms with Crippen LogP contribution in [0.5, 0.6) is 5.75 Å². The topological polar surface area (TPSA) is 9.23 Å². The first-order valence-electron chi connectivity index (χ1n) is 7.89. The van der Waals surface area contributed by atoms with Crippen LogP contribution in [0.4, 0.5) is 0 Å². The molecule has 0 spiro atoms. The summed E-state index contributed by atoms with van der Waals surface area (Å²) in [5, 5.41) is 0. The zero-order valence-electron chi connectivity index (χ0n) is 13.8. The second-order valence-corrected chi connectivity index (χ2v) is 5.02. The molecule has 1 aliphatic carbocycles. The average Bonchev–Trinajstić information content (AvgIpc) is 3.11. The van der Waals surface area contributed by atoms with Crippen molar-refractivity contribution in [2.75, 3.05) is 7.11 Å². The molecule has 0 aliphatic heterocycles. The van der Waals surface area contributed by atoms with E-state index in [1.54, 1.807) is 7.11 Å². The Labute approximate surface area is 134 Å². The van der Waals surface area contributed by atoms with Gasteiger partial charge in [-0.2, -0.15) is 0 Å². The maximum Gasteiger partial charge on any atom is 0.126 e. The number of rotatable bonds is 3. The molecule has 0 unspecified atom stereocenters. The maximum atomic E-state index is 5.49. The lowest BCUT2D eigenvalue weighted by molar-refractivity contribution is 0.416. The molecule has 2 aromatic carbocycles. The standard InChI is InChI=1S/C19H18O.C2H6/c1-14-16(15-8-3-4-9-15)11-7-12-17(14)18-10-5-6-13-19(18)20-2;1-2/h3-13,15H,1-2H3;1-2H3. The largest absolute Gasteiger partial charge is 0.496 e. The molecule has 1 heteroatoms. The van der Waals surface area contributed by atoms with Crippen LogP contribution in [-0.4, -0.2) is 7.11 Å². The molecule has 0 heterocycles. The summed E-state index contributed by atoms with van der Waals surface area (Å²) in [7, 11) is 1.72. The first-order chi connectivity index (χ1) is 10.8. The highest BCUT2D eigenvalue weighted by Crippen LogP contribution is 2.36. The Morgan fingerprint density at radius 2 is 1.45 bits per heavy atom. The van der Waals surface area contributed by atoms with E-state index < -0.39 is 0 Å². The van der Waals surface area contributed by atoms with Gasteiger partial charge in [0.1, 0.15) is 5.75 Å². The third-order valence-electron chi connectivity index (χ3n) is 3.88. The molecule has 22 heavy (non-hydrogen) atoms. The van der Waals surface area contributed by atoms with Gasteiger partial charge in [-0.1, -0.05) is 74.5 Å². The van der Waals surface area contributed by atoms with Crippen LogP contribution >= 0.6 is 0 Å². The summed E-state index contributed by atoms with van der Waals surface area (Å²) in [6, 6.07) is 14.7. The molecular formula is C21H24O. The molecule has 0 atom stereocenters. The van der Waals surface area contributed by atoms with Gasteiger partial charge in [0, 0.05) is 11.5 Å². The summed E-state index contributed by atoms with van der Waals surface area (Å²) >= 11 is 0. The van der Waals surface area contributed by atoms with Gasteiger partial charge in [0.15, 0.2) is 0 Å². The first-order valence-corrected chi connectivity index (χ1v) is 7.89. The normalized spacial score (nSPS) is 12.9. The van der Waals surface area contributed by atoms with E-state index in [0.717, 1.165) is 11.3 Å². The van der Waals surface area contributed by atoms with Gasteiger partial charge in [0.05, 0.1) is 7.11 Å². The molecule has 1 aliphatic rings. The molecule has 0 bridgehead atoms. The van der Waals surface area contributed by atoms with Gasteiger partial charge in [0.2, 0.25) is 0 Å². The van der Waals surface area contributed by atoms with Crippen LogP contribution in [-0.2, 0) is 0 Å². The molecule has 0 saturated heterocycles. The molecule has 0 N–H and O–H groups in total. The SMILES string of the molecule is CC.COc1ccccc1-c1cccc(C2C=CC=C2)c1C. The summed E-state index contributed by atoms with van der Waals surface area (Å²) in [5.41, 5.74) is 5.07. The van der Waals surface area contributed by atoms with Crippen molar-refractivity contribution >= 4 is 0 Å². The molecule has 1 nitrogen and oxygen atoms in total. The van der Waals surface area contributed by atoms with Gasteiger partial charge < -0.3 is 4.74 Å². The third-order valence-corrected chi connectivity index (χ3v) is 3.88. The van der Waals surface area contributed by atoms with Gasteiger partial charge in [-0.15, -0.1) is 0 Å². The van der Waals surface area contributed by atoms with E-state index in [1.807, 2.05) is 26.0 Å². The van der Waals surface area contributed by atoms with Gasteiger partial charge >= 0.3 is 0 Å². The summed E-state index contributed by atoms with van der Waals surface area (Å²) < 4.78 is 5.49. The Balaban J connectivity index is 0.000000847. The van der Waals surface area contributed by atoms with Crippen molar-refractivity contribution in [2.45, 2.75) is 26.7 Å². The summed E-state index contributed by atoms with van der Waals surface area (Å²) in [6.45, 7) is 6.19. The fourth-order valence-electron chi connectivity index (χ4n) is 2.81. The quantitative estimate of drug-likeness (QED) is 0.683. The number of benzene rings is 2. The van der Waals surface area contributed by atoms with Crippen molar-refractivity contribution in [1.82, 2.24) is 0 Å². The van der Waals surface area contributed by atoms with Crippen molar-refractivity contribution < 1.29 is 4.74 Å². The lowest BCUT2D eigenvalue weighted by Crippen LogP contribution is -1.96. The van der Waals surface area contributed by atoms with Gasteiger partial charge in [-0.05, 0) is 29.7 Å².